The van der Waals surface area contributed by atoms with Crippen molar-refractivity contribution in [1.82, 2.24) is 0 Å². The van der Waals surface area contributed by atoms with Gasteiger partial charge >= 0.3 is 10.2 Å². The van der Waals surface area contributed by atoms with Gasteiger partial charge < -0.3 is 5.73 Å². The first-order chi connectivity index (χ1) is 3.71. The smallest absolute Gasteiger partial charge is 0.304 e. The normalized spacial score (nSPS) is 13.8. The van der Waals surface area contributed by atoms with E-state index in [2.05, 4.69) is 0 Å². The van der Waals surface area contributed by atoms with Crippen molar-refractivity contribution in [2.75, 3.05) is 5.75 Å². The summed E-state index contributed by atoms with van der Waals surface area (Å²) in [4.78, 5) is 0. The second-order valence-electron chi connectivity index (χ2n) is 2.67. The molecular weight excluding hydrogens is 145 g/mol. The van der Waals surface area contributed by atoms with Gasteiger partial charge in [0, 0.05) is 5.54 Å². The van der Waals surface area contributed by atoms with Crippen molar-refractivity contribution < 1.29 is 12.3 Å². The Labute approximate surface area is 54.3 Å². The maximum absolute atomic E-state index is 11.8. The minimum atomic E-state index is -4.41. The van der Waals surface area contributed by atoms with Crippen molar-refractivity contribution in [3.8, 4) is 0 Å². The van der Waals surface area contributed by atoms with Crippen molar-refractivity contribution in [2.45, 2.75) is 19.4 Å². The van der Waals surface area contributed by atoms with Gasteiger partial charge in [0.05, 0.1) is 5.75 Å². The molecule has 3 nitrogen and oxygen atoms in total. The van der Waals surface area contributed by atoms with Crippen molar-refractivity contribution in [3.63, 3.8) is 0 Å². The summed E-state index contributed by atoms with van der Waals surface area (Å²) in [5, 5.41) is 0. The zero-order chi connectivity index (χ0) is 7.71. The summed E-state index contributed by atoms with van der Waals surface area (Å²) in [6.45, 7) is 2.90. The van der Waals surface area contributed by atoms with Crippen LogP contribution < -0.4 is 5.73 Å². The Morgan fingerprint density at radius 1 is 1.56 bits per heavy atom. The monoisotopic (exact) mass is 155 g/mol. The van der Waals surface area contributed by atoms with Gasteiger partial charge in [-0.15, -0.1) is 3.89 Å². The number of hydrogen-bond donors (Lipinski definition) is 1. The third-order valence-corrected chi connectivity index (χ3v) is 1.63. The fourth-order valence-corrected chi connectivity index (χ4v) is 1.33. The number of rotatable bonds is 2. The van der Waals surface area contributed by atoms with Gasteiger partial charge in [-0.1, -0.05) is 0 Å². The predicted molar refractivity (Wildman–Crippen MR) is 33.2 cm³/mol. The van der Waals surface area contributed by atoms with Gasteiger partial charge in [0.2, 0.25) is 0 Å². The van der Waals surface area contributed by atoms with Gasteiger partial charge in [-0.25, -0.2) is 0 Å². The van der Waals surface area contributed by atoms with Crippen molar-refractivity contribution in [1.29, 1.82) is 0 Å². The molecule has 56 valence electrons. The maximum Gasteiger partial charge on any atom is 0.304 e. The Balaban J connectivity index is 4.07. The molecule has 0 aliphatic heterocycles. The van der Waals surface area contributed by atoms with Gasteiger partial charge in [0.15, 0.2) is 0 Å². The van der Waals surface area contributed by atoms with Crippen LogP contribution in [0.2, 0.25) is 0 Å². The molecule has 0 unspecified atom stereocenters. The number of nitrogens with two attached hydrogens (primary N) is 1. The quantitative estimate of drug-likeness (QED) is 0.572. The molecule has 0 aliphatic carbocycles. The van der Waals surface area contributed by atoms with Crippen molar-refractivity contribution >= 4 is 10.2 Å². The van der Waals surface area contributed by atoms with Crippen molar-refractivity contribution in [3.05, 3.63) is 0 Å². The largest absolute Gasteiger partial charge is 0.325 e. The molecule has 0 fully saturated rings. The SMILES string of the molecule is CC(C)(N)CS(=O)(=O)F. The highest BCUT2D eigenvalue weighted by Gasteiger charge is 2.20. The van der Waals surface area contributed by atoms with Gasteiger partial charge in [-0.3, -0.25) is 0 Å². The summed E-state index contributed by atoms with van der Waals surface area (Å²) in [7, 11) is -4.41. The maximum atomic E-state index is 11.8. The molecule has 0 aromatic rings. The first-order valence-corrected chi connectivity index (χ1v) is 3.97. The number of halogens is 1. The minimum Gasteiger partial charge on any atom is -0.325 e. The van der Waals surface area contributed by atoms with E-state index in [4.69, 9.17) is 5.73 Å². The lowest BCUT2D eigenvalue weighted by Crippen LogP contribution is -2.38. The standard InChI is InChI=1S/C4H10FNO2S/c1-4(2,6)3-9(5,7)8/h3,6H2,1-2H3. The van der Waals surface area contributed by atoms with E-state index in [1.807, 2.05) is 0 Å². The van der Waals surface area contributed by atoms with E-state index in [1.54, 1.807) is 0 Å². The highest BCUT2D eigenvalue weighted by molar-refractivity contribution is 7.86. The molecule has 2 N–H and O–H groups in total. The van der Waals surface area contributed by atoms with E-state index in [0.29, 0.717) is 0 Å². The van der Waals surface area contributed by atoms with E-state index in [0.717, 1.165) is 0 Å². The highest BCUT2D eigenvalue weighted by atomic mass is 32.3. The molecule has 0 radical (unpaired) electrons. The molecule has 0 aromatic heterocycles. The van der Waals surface area contributed by atoms with Crippen LogP contribution in [-0.4, -0.2) is 19.7 Å². The van der Waals surface area contributed by atoms with Crippen LogP contribution in [-0.2, 0) is 10.2 Å². The second kappa shape index (κ2) is 2.22. The van der Waals surface area contributed by atoms with Gasteiger partial charge in [0.25, 0.3) is 0 Å². The van der Waals surface area contributed by atoms with Crippen LogP contribution in [0, 0.1) is 0 Å². The molecule has 0 bridgehead atoms. The van der Waals surface area contributed by atoms with Crippen LogP contribution >= 0.6 is 0 Å². The van der Waals surface area contributed by atoms with Crippen LogP contribution in [0.5, 0.6) is 0 Å². The Kier molecular flexibility index (Phi) is 2.19. The molecule has 0 spiro atoms. The summed E-state index contributed by atoms with van der Waals surface area (Å²) in [5.41, 5.74) is 4.22. The summed E-state index contributed by atoms with van der Waals surface area (Å²) < 4.78 is 31.6. The fourth-order valence-electron chi connectivity index (χ4n) is 0.444. The second-order valence-corrected chi connectivity index (χ2v) is 4.04. The lowest BCUT2D eigenvalue weighted by Gasteiger charge is -2.13. The molecule has 0 saturated carbocycles. The minimum absolute atomic E-state index is 0.625. The summed E-state index contributed by atoms with van der Waals surface area (Å²) in [5.74, 6) is -0.625. The molecule has 0 heterocycles. The van der Waals surface area contributed by atoms with E-state index < -0.39 is 21.5 Å². The zero-order valence-electron chi connectivity index (χ0n) is 5.39. The molecular formula is C4H10FNO2S. The summed E-state index contributed by atoms with van der Waals surface area (Å²) >= 11 is 0. The molecule has 0 atom stereocenters. The third-order valence-electron chi connectivity index (χ3n) is 0.544. The average Bonchev–Trinajstić information content (AvgIpc) is 1.14. The van der Waals surface area contributed by atoms with Gasteiger partial charge in [-0.2, -0.15) is 8.42 Å². The van der Waals surface area contributed by atoms with Crippen LogP contribution in [0.4, 0.5) is 3.89 Å². The van der Waals surface area contributed by atoms with Gasteiger partial charge in [-0.05, 0) is 13.8 Å². The molecule has 9 heavy (non-hydrogen) atoms. The summed E-state index contributed by atoms with van der Waals surface area (Å²) in [6.07, 6.45) is 0. The van der Waals surface area contributed by atoms with Crippen LogP contribution in [0.1, 0.15) is 13.8 Å². The fraction of sp³-hybridized carbons (Fsp3) is 1.00. The van der Waals surface area contributed by atoms with E-state index >= 15 is 0 Å². The first-order valence-electron chi connectivity index (χ1n) is 2.42. The third kappa shape index (κ3) is 7.84. The summed E-state index contributed by atoms with van der Waals surface area (Å²) in [6, 6.07) is 0. The Morgan fingerprint density at radius 2 is 1.89 bits per heavy atom. The van der Waals surface area contributed by atoms with Gasteiger partial charge in [0.1, 0.15) is 0 Å². The lowest BCUT2D eigenvalue weighted by molar-refractivity contribution is 0.513. The highest BCUT2D eigenvalue weighted by Crippen LogP contribution is 2.03. The molecule has 0 aromatic carbocycles. The Morgan fingerprint density at radius 3 is 1.89 bits per heavy atom. The molecule has 0 saturated heterocycles. The Hall–Kier alpha value is -0.160. The van der Waals surface area contributed by atoms with Crippen LogP contribution in [0.25, 0.3) is 0 Å². The molecule has 0 rings (SSSR count). The van der Waals surface area contributed by atoms with Crippen LogP contribution in [0.3, 0.4) is 0 Å². The van der Waals surface area contributed by atoms with E-state index in [-0.39, 0.29) is 0 Å². The molecule has 5 heteroatoms. The zero-order valence-corrected chi connectivity index (χ0v) is 6.20. The van der Waals surface area contributed by atoms with E-state index in [9.17, 15) is 12.3 Å². The number of hydrogen-bond acceptors (Lipinski definition) is 3. The first kappa shape index (κ1) is 8.84. The Bertz CT molecular complexity index is 179. The molecule has 0 aliphatic rings. The molecule has 0 amide bonds. The van der Waals surface area contributed by atoms with Crippen LogP contribution in [0.15, 0.2) is 0 Å². The predicted octanol–water partition coefficient (Wildman–Crippen LogP) is 0.0230. The van der Waals surface area contributed by atoms with E-state index in [1.165, 1.54) is 13.8 Å². The topological polar surface area (TPSA) is 60.2 Å². The lowest BCUT2D eigenvalue weighted by atomic mass is 10.1. The average molecular weight is 155 g/mol. The van der Waals surface area contributed by atoms with Crippen molar-refractivity contribution in [2.24, 2.45) is 5.73 Å².